The van der Waals surface area contributed by atoms with Gasteiger partial charge < -0.3 is 20.7 Å². The molecule has 1 aliphatic carbocycles. The Kier molecular flexibility index (Phi) is 4.18. The summed E-state index contributed by atoms with van der Waals surface area (Å²) in [5, 5.41) is 3.41. The SMILES string of the molecule is COC(=O)c1cc(NCC2(N(C)C)CCC2)ccc1N. The first-order chi connectivity index (χ1) is 9.48. The fourth-order valence-corrected chi connectivity index (χ4v) is 2.59. The molecule has 1 saturated carbocycles. The summed E-state index contributed by atoms with van der Waals surface area (Å²) in [6, 6.07) is 5.38. The molecule has 0 radical (unpaired) electrons. The largest absolute Gasteiger partial charge is 0.465 e. The van der Waals surface area contributed by atoms with Gasteiger partial charge in [0.25, 0.3) is 0 Å². The predicted molar refractivity (Wildman–Crippen MR) is 81.0 cm³/mol. The Morgan fingerprint density at radius 1 is 1.45 bits per heavy atom. The number of hydrogen-bond donors (Lipinski definition) is 2. The number of esters is 1. The number of carbonyl (C=O) groups is 1. The molecular formula is C15H23N3O2. The predicted octanol–water partition coefficient (Wildman–Crippen LogP) is 1.95. The third-order valence-electron chi connectivity index (χ3n) is 4.31. The lowest BCUT2D eigenvalue weighted by atomic mass is 9.75. The van der Waals surface area contributed by atoms with Gasteiger partial charge in [-0.1, -0.05) is 0 Å². The molecular weight excluding hydrogens is 254 g/mol. The molecule has 2 rings (SSSR count). The summed E-state index contributed by atoms with van der Waals surface area (Å²) in [6.45, 7) is 0.866. The minimum atomic E-state index is -0.405. The first-order valence-electron chi connectivity index (χ1n) is 6.88. The second-order valence-electron chi connectivity index (χ2n) is 5.62. The highest BCUT2D eigenvalue weighted by molar-refractivity contribution is 5.96. The van der Waals surface area contributed by atoms with Crippen LogP contribution in [0.1, 0.15) is 29.6 Å². The highest BCUT2D eigenvalue weighted by Gasteiger charge is 2.38. The summed E-state index contributed by atoms with van der Waals surface area (Å²) < 4.78 is 4.73. The molecule has 5 nitrogen and oxygen atoms in total. The van der Waals surface area contributed by atoms with Gasteiger partial charge in [0.15, 0.2) is 0 Å². The summed E-state index contributed by atoms with van der Waals surface area (Å²) in [5.41, 5.74) is 7.77. The van der Waals surface area contributed by atoms with Gasteiger partial charge in [-0.2, -0.15) is 0 Å². The minimum Gasteiger partial charge on any atom is -0.465 e. The highest BCUT2D eigenvalue weighted by atomic mass is 16.5. The molecule has 0 atom stereocenters. The molecule has 0 bridgehead atoms. The van der Waals surface area contributed by atoms with E-state index in [9.17, 15) is 4.79 Å². The summed E-state index contributed by atoms with van der Waals surface area (Å²) in [5.74, 6) is -0.405. The Bertz CT molecular complexity index is 496. The molecule has 0 unspecified atom stereocenters. The third-order valence-corrected chi connectivity index (χ3v) is 4.31. The smallest absolute Gasteiger partial charge is 0.340 e. The number of benzene rings is 1. The number of likely N-dealkylation sites (N-methyl/N-ethyl adjacent to an activating group) is 1. The van der Waals surface area contributed by atoms with Crippen molar-refractivity contribution in [3.8, 4) is 0 Å². The molecule has 0 aromatic heterocycles. The number of hydrogen-bond acceptors (Lipinski definition) is 5. The number of carbonyl (C=O) groups excluding carboxylic acids is 1. The number of nitrogens with one attached hydrogen (secondary N) is 1. The van der Waals surface area contributed by atoms with E-state index in [1.807, 2.05) is 6.07 Å². The Morgan fingerprint density at radius 3 is 2.65 bits per heavy atom. The molecule has 0 saturated heterocycles. The molecule has 1 fully saturated rings. The topological polar surface area (TPSA) is 67.6 Å². The minimum absolute atomic E-state index is 0.229. The summed E-state index contributed by atoms with van der Waals surface area (Å²) in [7, 11) is 5.59. The standard InChI is InChI=1S/C15H23N3O2/c1-18(2)15(7-4-8-15)10-17-11-5-6-13(16)12(9-11)14(19)20-3/h5-6,9,17H,4,7-8,10,16H2,1-3H3. The average Bonchev–Trinajstić information content (AvgIpc) is 2.38. The number of rotatable bonds is 5. The number of methoxy groups -OCH3 is 1. The Hall–Kier alpha value is -1.75. The summed E-state index contributed by atoms with van der Waals surface area (Å²) in [4.78, 5) is 13.9. The molecule has 1 aromatic carbocycles. The highest BCUT2D eigenvalue weighted by Crippen LogP contribution is 2.36. The number of nitrogens with two attached hydrogens (primary N) is 1. The van der Waals surface area contributed by atoms with Gasteiger partial charge in [-0.05, 0) is 51.6 Å². The molecule has 0 aliphatic heterocycles. The van der Waals surface area contributed by atoms with Crippen LogP contribution in [0.5, 0.6) is 0 Å². The van der Waals surface area contributed by atoms with Crippen LogP contribution in [0.15, 0.2) is 18.2 Å². The Morgan fingerprint density at radius 2 is 2.15 bits per heavy atom. The van der Waals surface area contributed by atoms with Crippen LogP contribution in [0.2, 0.25) is 0 Å². The van der Waals surface area contributed by atoms with Gasteiger partial charge in [-0.25, -0.2) is 4.79 Å². The fraction of sp³-hybridized carbons (Fsp3) is 0.533. The molecule has 0 amide bonds. The van der Waals surface area contributed by atoms with Crippen molar-refractivity contribution in [1.29, 1.82) is 0 Å². The first-order valence-corrected chi connectivity index (χ1v) is 6.88. The van der Waals surface area contributed by atoms with Crippen molar-refractivity contribution < 1.29 is 9.53 Å². The van der Waals surface area contributed by atoms with Crippen LogP contribution in [-0.2, 0) is 4.74 Å². The molecule has 0 spiro atoms. The van der Waals surface area contributed by atoms with Gasteiger partial charge >= 0.3 is 5.97 Å². The number of anilines is 2. The van der Waals surface area contributed by atoms with Crippen LogP contribution in [0, 0.1) is 0 Å². The maximum atomic E-state index is 11.6. The van der Waals surface area contributed by atoms with Gasteiger partial charge in [0, 0.05) is 23.5 Å². The van der Waals surface area contributed by atoms with Gasteiger partial charge in [0.2, 0.25) is 0 Å². The zero-order valence-electron chi connectivity index (χ0n) is 12.4. The van der Waals surface area contributed by atoms with Crippen molar-refractivity contribution in [2.45, 2.75) is 24.8 Å². The summed E-state index contributed by atoms with van der Waals surface area (Å²) in [6.07, 6.45) is 3.67. The van der Waals surface area contributed by atoms with E-state index in [4.69, 9.17) is 10.5 Å². The zero-order valence-corrected chi connectivity index (χ0v) is 12.4. The molecule has 5 heteroatoms. The monoisotopic (exact) mass is 277 g/mol. The van der Waals surface area contributed by atoms with Crippen molar-refractivity contribution in [2.75, 3.05) is 38.8 Å². The van der Waals surface area contributed by atoms with Crippen LogP contribution in [-0.4, -0.2) is 44.2 Å². The fourth-order valence-electron chi connectivity index (χ4n) is 2.59. The quantitative estimate of drug-likeness (QED) is 0.636. The number of ether oxygens (including phenoxy) is 1. The molecule has 1 aliphatic rings. The molecule has 1 aromatic rings. The first kappa shape index (κ1) is 14.7. The Labute approximate surface area is 120 Å². The van der Waals surface area contributed by atoms with E-state index in [0.29, 0.717) is 11.3 Å². The average molecular weight is 277 g/mol. The molecule has 110 valence electrons. The zero-order chi connectivity index (χ0) is 14.8. The van der Waals surface area contributed by atoms with Gasteiger partial charge in [0.05, 0.1) is 12.7 Å². The second-order valence-corrected chi connectivity index (χ2v) is 5.62. The van der Waals surface area contributed by atoms with Crippen molar-refractivity contribution in [2.24, 2.45) is 0 Å². The molecule has 20 heavy (non-hydrogen) atoms. The number of nitrogens with zero attached hydrogens (tertiary/aromatic N) is 1. The lowest BCUT2D eigenvalue weighted by molar-refractivity contribution is 0.0602. The van der Waals surface area contributed by atoms with Crippen molar-refractivity contribution in [1.82, 2.24) is 4.90 Å². The van der Waals surface area contributed by atoms with Crippen LogP contribution in [0.3, 0.4) is 0 Å². The van der Waals surface area contributed by atoms with E-state index >= 15 is 0 Å². The van der Waals surface area contributed by atoms with E-state index in [2.05, 4.69) is 24.3 Å². The normalized spacial score (nSPS) is 16.6. The second kappa shape index (κ2) is 5.71. The van der Waals surface area contributed by atoms with Crippen molar-refractivity contribution >= 4 is 17.3 Å². The Balaban J connectivity index is 2.08. The van der Waals surface area contributed by atoms with E-state index in [0.717, 1.165) is 12.2 Å². The lowest BCUT2D eigenvalue weighted by Gasteiger charge is -2.47. The van der Waals surface area contributed by atoms with E-state index in [1.54, 1.807) is 12.1 Å². The third kappa shape index (κ3) is 2.72. The van der Waals surface area contributed by atoms with Gasteiger partial charge in [-0.3, -0.25) is 0 Å². The van der Waals surface area contributed by atoms with Crippen molar-refractivity contribution in [3.63, 3.8) is 0 Å². The van der Waals surface area contributed by atoms with Crippen LogP contribution in [0.4, 0.5) is 11.4 Å². The van der Waals surface area contributed by atoms with Gasteiger partial charge in [-0.15, -0.1) is 0 Å². The maximum absolute atomic E-state index is 11.6. The van der Waals surface area contributed by atoms with Crippen LogP contribution >= 0.6 is 0 Å². The summed E-state index contributed by atoms with van der Waals surface area (Å²) >= 11 is 0. The van der Waals surface area contributed by atoms with E-state index in [-0.39, 0.29) is 5.54 Å². The van der Waals surface area contributed by atoms with E-state index < -0.39 is 5.97 Å². The maximum Gasteiger partial charge on any atom is 0.340 e. The molecule has 3 N–H and O–H groups in total. The lowest BCUT2D eigenvalue weighted by Crippen LogP contribution is -2.54. The van der Waals surface area contributed by atoms with Crippen LogP contribution in [0.25, 0.3) is 0 Å². The van der Waals surface area contributed by atoms with Crippen molar-refractivity contribution in [3.05, 3.63) is 23.8 Å². The number of nitrogen functional groups attached to an aromatic ring is 1. The van der Waals surface area contributed by atoms with Crippen LogP contribution < -0.4 is 11.1 Å². The van der Waals surface area contributed by atoms with Gasteiger partial charge in [0.1, 0.15) is 0 Å². The molecule has 0 heterocycles. The van der Waals surface area contributed by atoms with E-state index in [1.165, 1.54) is 26.4 Å².